The Labute approximate surface area is 182 Å². The molecule has 3 heterocycles. The van der Waals surface area contributed by atoms with Crippen molar-refractivity contribution in [2.45, 2.75) is 55.9 Å². The molecule has 1 aliphatic carbocycles. The fraction of sp³-hybridized carbons (Fsp3) is 0.364. The maximum absolute atomic E-state index is 12.7. The van der Waals surface area contributed by atoms with Crippen molar-refractivity contribution in [3.63, 3.8) is 0 Å². The van der Waals surface area contributed by atoms with E-state index in [0.29, 0.717) is 35.0 Å². The van der Waals surface area contributed by atoms with Crippen molar-refractivity contribution in [2.24, 2.45) is 0 Å². The van der Waals surface area contributed by atoms with E-state index in [1.807, 2.05) is 18.2 Å². The largest absolute Gasteiger partial charge is 0.416 e. The van der Waals surface area contributed by atoms with Crippen LogP contribution in [-0.2, 0) is 25.0 Å². The smallest absolute Gasteiger partial charge is 0.277 e. The molecule has 4 aromatic rings. The molecule has 1 aliphatic rings. The van der Waals surface area contributed by atoms with Gasteiger partial charge in [0.2, 0.25) is 5.89 Å². The number of thiophene rings is 1. The minimum absolute atomic E-state index is 0.0297. The van der Waals surface area contributed by atoms with Gasteiger partial charge < -0.3 is 9.40 Å². The number of hydrogen-bond donors (Lipinski definition) is 1. The summed E-state index contributed by atoms with van der Waals surface area (Å²) in [5.74, 6) is 2.06. The Bertz CT molecular complexity index is 1230. The minimum Gasteiger partial charge on any atom is -0.416 e. The highest BCUT2D eigenvalue weighted by atomic mass is 32.2. The number of thioether (sulfide) groups is 1. The first-order valence-electron chi connectivity index (χ1n) is 10.2. The summed E-state index contributed by atoms with van der Waals surface area (Å²) in [5, 5.41) is 9.61. The van der Waals surface area contributed by atoms with Crippen LogP contribution < -0.4 is 5.56 Å². The van der Waals surface area contributed by atoms with Gasteiger partial charge in [-0.3, -0.25) is 4.79 Å². The molecule has 30 heavy (non-hydrogen) atoms. The predicted octanol–water partition coefficient (Wildman–Crippen LogP) is 4.88. The van der Waals surface area contributed by atoms with Crippen LogP contribution in [0.25, 0.3) is 10.2 Å². The van der Waals surface area contributed by atoms with Crippen LogP contribution in [0, 0.1) is 0 Å². The molecule has 0 saturated carbocycles. The second kappa shape index (κ2) is 8.35. The molecule has 0 fully saturated rings. The number of nitrogens with one attached hydrogen (secondary N) is 1. The Morgan fingerprint density at radius 3 is 2.90 bits per heavy atom. The molecule has 6 nitrogen and oxygen atoms in total. The van der Waals surface area contributed by atoms with Crippen LogP contribution >= 0.6 is 23.1 Å². The van der Waals surface area contributed by atoms with Gasteiger partial charge in [-0.05, 0) is 42.7 Å². The number of rotatable bonds is 6. The van der Waals surface area contributed by atoms with E-state index < -0.39 is 0 Å². The molecular formula is C22H22N4O2S2. The van der Waals surface area contributed by atoms with Crippen molar-refractivity contribution in [1.82, 2.24) is 20.2 Å². The van der Waals surface area contributed by atoms with Crippen LogP contribution in [-0.4, -0.2) is 20.2 Å². The normalized spacial score (nSPS) is 14.7. The predicted molar refractivity (Wildman–Crippen MR) is 119 cm³/mol. The van der Waals surface area contributed by atoms with Crippen LogP contribution in [0.2, 0.25) is 0 Å². The third kappa shape index (κ3) is 3.94. The van der Waals surface area contributed by atoms with E-state index in [9.17, 15) is 4.79 Å². The van der Waals surface area contributed by atoms with Crippen molar-refractivity contribution in [3.05, 3.63) is 68.4 Å². The molecule has 0 radical (unpaired) electrons. The maximum atomic E-state index is 12.7. The summed E-state index contributed by atoms with van der Waals surface area (Å²) in [4.78, 5) is 22.5. The molecule has 5 rings (SSSR count). The summed E-state index contributed by atoms with van der Waals surface area (Å²) >= 11 is 3.07. The maximum Gasteiger partial charge on any atom is 0.277 e. The average molecular weight is 439 g/mol. The number of nitrogens with zero attached hydrogens (tertiary/aromatic N) is 3. The van der Waals surface area contributed by atoms with Gasteiger partial charge in [-0.25, -0.2) is 4.98 Å². The molecule has 3 aromatic heterocycles. The average Bonchev–Trinajstić information content (AvgIpc) is 3.37. The molecule has 1 aromatic carbocycles. The van der Waals surface area contributed by atoms with E-state index in [-0.39, 0.29) is 5.56 Å². The fourth-order valence-corrected chi connectivity index (χ4v) is 5.88. The molecule has 0 saturated heterocycles. The summed E-state index contributed by atoms with van der Waals surface area (Å²) in [7, 11) is 0. The third-order valence-corrected chi connectivity index (χ3v) is 7.52. The summed E-state index contributed by atoms with van der Waals surface area (Å²) in [5.41, 5.74) is 2.43. The molecular weight excluding hydrogens is 416 g/mol. The minimum atomic E-state index is -0.0297. The molecule has 1 unspecified atom stereocenters. The Morgan fingerprint density at radius 1 is 1.20 bits per heavy atom. The summed E-state index contributed by atoms with van der Waals surface area (Å²) < 4.78 is 5.81. The van der Waals surface area contributed by atoms with Crippen LogP contribution in [0.5, 0.6) is 0 Å². The lowest BCUT2D eigenvalue weighted by molar-refractivity contribution is 0.404. The van der Waals surface area contributed by atoms with Crippen LogP contribution in [0.4, 0.5) is 0 Å². The van der Waals surface area contributed by atoms with Crippen molar-refractivity contribution in [2.75, 3.05) is 0 Å². The SMILES string of the molecule is CC(Cc1nnc(SCc2nc3sc4c(c3c(=O)[nH]2)CCCC4)o1)c1ccccc1. The van der Waals surface area contributed by atoms with Gasteiger partial charge in [0.15, 0.2) is 0 Å². The molecule has 0 amide bonds. The highest BCUT2D eigenvalue weighted by molar-refractivity contribution is 7.98. The van der Waals surface area contributed by atoms with Crippen molar-refractivity contribution < 1.29 is 4.42 Å². The first kappa shape index (κ1) is 19.5. The summed E-state index contributed by atoms with van der Waals surface area (Å²) in [6, 6.07) is 10.3. The van der Waals surface area contributed by atoms with Gasteiger partial charge in [0, 0.05) is 11.3 Å². The molecule has 1 N–H and O–H groups in total. The van der Waals surface area contributed by atoms with Crippen molar-refractivity contribution in [3.8, 4) is 0 Å². The van der Waals surface area contributed by atoms with Crippen LogP contribution in [0.3, 0.4) is 0 Å². The highest BCUT2D eigenvalue weighted by Gasteiger charge is 2.20. The first-order valence-corrected chi connectivity index (χ1v) is 12.0. The van der Waals surface area contributed by atoms with Gasteiger partial charge in [0.1, 0.15) is 10.7 Å². The zero-order valence-electron chi connectivity index (χ0n) is 16.7. The number of benzene rings is 1. The number of aromatic nitrogens is 4. The van der Waals surface area contributed by atoms with E-state index in [0.717, 1.165) is 29.5 Å². The number of hydrogen-bond acceptors (Lipinski definition) is 7. The topological polar surface area (TPSA) is 84.7 Å². The molecule has 0 bridgehead atoms. The van der Waals surface area contributed by atoms with E-state index in [1.54, 1.807) is 11.3 Å². The molecule has 154 valence electrons. The van der Waals surface area contributed by atoms with E-state index >= 15 is 0 Å². The lowest BCUT2D eigenvalue weighted by Gasteiger charge is -2.09. The third-order valence-electron chi connectivity index (χ3n) is 5.50. The van der Waals surface area contributed by atoms with Gasteiger partial charge in [0.05, 0.1) is 11.1 Å². The van der Waals surface area contributed by atoms with Crippen molar-refractivity contribution >= 4 is 33.3 Å². The number of aromatic amines is 1. The molecule has 0 spiro atoms. The monoisotopic (exact) mass is 438 g/mol. The second-order valence-corrected chi connectivity index (χ2v) is 9.68. The number of H-pyrrole nitrogens is 1. The lowest BCUT2D eigenvalue weighted by atomic mass is 9.97. The Kier molecular flexibility index (Phi) is 5.43. The van der Waals surface area contributed by atoms with Gasteiger partial charge >= 0.3 is 0 Å². The first-order chi connectivity index (χ1) is 14.7. The summed E-state index contributed by atoms with van der Waals surface area (Å²) in [6.07, 6.45) is 5.09. The van der Waals surface area contributed by atoms with Crippen molar-refractivity contribution in [1.29, 1.82) is 0 Å². The number of aryl methyl sites for hydroxylation is 2. The zero-order valence-corrected chi connectivity index (χ0v) is 18.3. The van der Waals surface area contributed by atoms with Gasteiger partial charge in [0.25, 0.3) is 10.8 Å². The standard InChI is InChI=1S/C22H22N4O2S2/c1-13(14-7-3-2-4-8-14)11-18-25-26-22(28-18)29-12-17-23-20(27)19-15-9-5-6-10-16(15)30-21(19)24-17/h2-4,7-8,13H,5-6,9-12H2,1H3,(H,23,24,27). The van der Waals surface area contributed by atoms with Crippen LogP contribution in [0.1, 0.15) is 53.4 Å². The molecule has 0 aliphatic heterocycles. The van der Waals surface area contributed by atoms with E-state index in [2.05, 4.69) is 34.2 Å². The summed E-state index contributed by atoms with van der Waals surface area (Å²) in [6.45, 7) is 2.15. The van der Waals surface area contributed by atoms with Gasteiger partial charge in [-0.1, -0.05) is 49.0 Å². The van der Waals surface area contributed by atoms with Gasteiger partial charge in [-0.2, -0.15) is 0 Å². The molecule has 1 atom stereocenters. The Balaban J connectivity index is 1.27. The Hall–Kier alpha value is -2.45. The lowest BCUT2D eigenvalue weighted by Crippen LogP contribution is -2.12. The quantitative estimate of drug-likeness (QED) is 0.432. The zero-order chi connectivity index (χ0) is 20.5. The number of fused-ring (bicyclic) bond motifs is 3. The van der Waals surface area contributed by atoms with E-state index in [4.69, 9.17) is 9.40 Å². The van der Waals surface area contributed by atoms with E-state index in [1.165, 1.54) is 34.2 Å². The Morgan fingerprint density at radius 2 is 2.03 bits per heavy atom. The highest BCUT2D eigenvalue weighted by Crippen LogP contribution is 2.34. The van der Waals surface area contributed by atoms with Crippen LogP contribution in [0.15, 0.2) is 44.8 Å². The fourth-order valence-electron chi connectivity index (χ4n) is 3.95. The molecule has 8 heteroatoms. The second-order valence-electron chi connectivity index (χ2n) is 7.67. The van der Waals surface area contributed by atoms with Gasteiger partial charge in [-0.15, -0.1) is 21.5 Å².